The van der Waals surface area contributed by atoms with Crippen molar-refractivity contribution in [2.45, 2.75) is 44.4 Å². The number of amides is 1. The number of benzene rings is 3. The van der Waals surface area contributed by atoms with E-state index in [1.54, 1.807) is 6.08 Å². The highest BCUT2D eigenvalue weighted by atomic mass is 35.5. The molecule has 0 saturated heterocycles. The number of aliphatic hydroxyl groups excluding tert-OH is 1. The van der Waals surface area contributed by atoms with Crippen molar-refractivity contribution in [3.63, 3.8) is 0 Å². The Morgan fingerprint density at radius 3 is 2.24 bits per heavy atom. The number of nitrogens with zero attached hydrogens (tertiary/aromatic N) is 1. The molecule has 0 spiro atoms. The van der Waals surface area contributed by atoms with Crippen LogP contribution in [0.1, 0.15) is 36.8 Å². The lowest BCUT2D eigenvalue weighted by Gasteiger charge is -2.35. The van der Waals surface area contributed by atoms with Crippen LogP contribution in [0.25, 0.3) is 17.2 Å². The number of nitrogens with one attached hydrogen (secondary N) is 1. The Hall–Kier alpha value is -2.92. The molecule has 0 radical (unpaired) electrons. The van der Waals surface area contributed by atoms with E-state index >= 15 is 0 Å². The fourth-order valence-corrected chi connectivity index (χ4v) is 4.62. The van der Waals surface area contributed by atoms with Gasteiger partial charge in [0, 0.05) is 29.4 Å². The lowest BCUT2D eigenvalue weighted by Crippen LogP contribution is -2.42. The molecule has 2 N–H and O–H groups in total. The lowest BCUT2D eigenvalue weighted by atomic mass is 9.91. The second-order valence-electron chi connectivity index (χ2n) is 8.98. The van der Waals surface area contributed by atoms with Crippen LogP contribution in [0.3, 0.4) is 0 Å². The minimum atomic E-state index is -0.229. The van der Waals surface area contributed by atoms with Crippen LogP contribution in [0.4, 0.5) is 5.69 Å². The van der Waals surface area contributed by atoms with E-state index in [0.717, 1.165) is 48.2 Å². The van der Waals surface area contributed by atoms with Crippen LogP contribution in [-0.2, 0) is 11.3 Å². The zero-order chi connectivity index (χ0) is 23.9. The van der Waals surface area contributed by atoms with Crippen molar-refractivity contribution in [1.82, 2.24) is 4.90 Å². The maximum Gasteiger partial charge on any atom is 0.248 e. The fourth-order valence-electron chi connectivity index (χ4n) is 4.49. The summed E-state index contributed by atoms with van der Waals surface area (Å²) >= 11 is 5.95. The van der Waals surface area contributed by atoms with Gasteiger partial charge in [0.25, 0.3) is 0 Å². The first-order valence-electron chi connectivity index (χ1n) is 11.8. The standard InChI is InChI=1S/C29H31ClN2O2/c1-32(27-4-2-3-5-28(27)33)20-22-8-6-21(7-9-22)10-19-29(34)31-26-17-13-24(14-18-26)23-11-15-25(30)16-12-23/h6-19,27-28,33H,2-5,20H2,1H3,(H,31,34)/b19-10+. The van der Waals surface area contributed by atoms with Crippen LogP contribution < -0.4 is 5.32 Å². The molecule has 3 aromatic carbocycles. The number of rotatable bonds is 7. The summed E-state index contributed by atoms with van der Waals surface area (Å²) in [6.07, 6.45) is 7.39. The molecule has 4 nitrogen and oxygen atoms in total. The summed E-state index contributed by atoms with van der Waals surface area (Å²) in [5, 5.41) is 13.9. The number of aliphatic hydroxyl groups is 1. The van der Waals surface area contributed by atoms with Gasteiger partial charge in [-0.1, -0.05) is 73.0 Å². The molecule has 1 amide bonds. The molecule has 3 aromatic rings. The Morgan fingerprint density at radius 2 is 1.59 bits per heavy atom. The van der Waals surface area contributed by atoms with Crippen LogP contribution in [0.5, 0.6) is 0 Å². The average Bonchev–Trinajstić information content (AvgIpc) is 2.85. The van der Waals surface area contributed by atoms with Crippen molar-refractivity contribution in [2.24, 2.45) is 0 Å². The molecule has 5 heteroatoms. The van der Waals surface area contributed by atoms with E-state index in [9.17, 15) is 9.90 Å². The van der Waals surface area contributed by atoms with E-state index in [1.807, 2.05) is 66.7 Å². The maximum absolute atomic E-state index is 12.4. The van der Waals surface area contributed by atoms with Crippen molar-refractivity contribution in [1.29, 1.82) is 0 Å². The van der Waals surface area contributed by atoms with Crippen molar-refractivity contribution in [3.8, 4) is 11.1 Å². The van der Waals surface area contributed by atoms with E-state index in [1.165, 1.54) is 12.0 Å². The zero-order valence-corrected chi connectivity index (χ0v) is 20.2. The Balaban J connectivity index is 1.29. The number of anilines is 1. The number of hydrogen-bond acceptors (Lipinski definition) is 3. The SMILES string of the molecule is CN(Cc1ccc(/C=C/C(=O)Nc2ccc(-c3ccc(Cl)cc3)cc2)cc1)C1CCCCC1O. The van der Waals surface area contributed by atoms with Crippen molar-refractivity contribution < 1.29 is 9.90 Å². The van der Waals surface area contributed by atoms with Gasteiger partial charge in [-0.25, -0.2) is 0 Å². The van der Waals surface area contributed by atoms with E-state index < -0.39 is 0 Å². The lowest BCUT2D eigenvalue weighted by molar-refractivity contribution is -0.111. The van der Waals surface area contributed by atoms with Gasteiger partial charge in [0.2, 0.25) is 5.91 Å². The van der Waals surface area contributed by atoms with Gasteiger partial charge in [0.05, 0.1) is 6.10 Å². The highest BCUT2D eigenvalue weighted by Gasteiger charge is 2.26. The minimum absolute atomic E-state index is 0.172. The van der Waals surface area contributed by atoms with Crippen LogP contribution in [0.2, 0.25) is 5.02 Å². The molecule has 1 saturated carbocycles. The third-order valence-electron chi connectivity index (χ3n) is 6.43. The first-order valence-corrected chi connectivity index (χ1v) is 12.2. The molecule has 4 rings (SSSR count). The third kappa shape index (κ3) is 6.57. The number of halogens is 1. The van der Waals surface area contributed by atoms with Crippen LogP contribution in [-0.4, -0.2) is 35.1 Å². The molecule has 2 atom stereocenters. The summed E-state index contributed by atoms with van der Waals surface area (Å²) < 4.78 is 0. The molecule has 1 aliphatic carbocycles. The van der Waals surface area contributed by atoms with E-state index in [0.29, 0.717) is 5.02 Å². The second kappa shape index (κ2) is 11.5. The Bertz CT molecular complexity index is 1110. The molecule has 0 aliphatic heterocycles. The Kier molecular flexibility index (Phi) is 8.17. The number of hydrogen-bond donors (Lipinski definition) is 2. The Labute approximate surface area is 206 Å². The molecule has 1 aliphatic rings. The molecular formula is C29H31ClN2O2. The molecule has 1 fully saturated rings. The summed E-state index contributed by atoms with van der Waals surface area (Å²) in [6.45, 7) is 0.804. The smallest absolute Gasteiger partial charge is 0.248 e. The molecule has 0 bridgehead atoms. The third-order valence-corrected chi connectivity index (χ3v) is 6.68. The fraction of sp³-hybridized carbons (Fsp3) is 0.276. The van der Waals surface area contributed by atoms with Gasteiger partial charge in [-0.3, -0.25) is 9.69 Å². The van der Waals surface area contributed by atoms with Gasteiger partial charge in [-0.05, 0) is 72.5 Å². The summed E-state index contributed by atoms with van der Waals surface area (Å²) in [4.78, 5) is 14.6. The van der Waals surface area contributed by atoms with E-state index in [4.69, 9.17) is 11.6 Å². The molecule has 2 unspecified atom stereocenters. The van der Waals surface area contributed by atoms with Gasteiger partial charge in [0.15, 0.2) is 0 Å². The van der Waals surface area contributed by atoms with Gasteiger partial charge >= 0.3 is 0 Å². The largest absolute Gasteiger partial charge is 0.391 e. The first-order chi connectivity index (χ1) is 16.5. The molecule has 176 valence electrons. The normalized spacial score (nSPS) is 18.4. The molecular weight excluding hydrogens is 444 g/mol. The Morgan fingerprint density at radius 1 is 0.971 bits per heavy atom. The van der Waals surface area contributed by atoms with Crippen molar-refractivity contribution in [2.75, 3.05) is 12.4 Å². The van der Waals surface area contributed by atoms with Gasteiger partial charge < -0.3 is 10.4 Å². The average molecular weight is 475 g/mol. The summed E-state index contributed by atoms with van der Waals surface area (Å²) in [7, 11) is 2.08. The predicted octanol–water partition coefficient (Wildman–Crippen LogP) is 6.39. The minimum Gasteiger partial charge on any atom is -0.391 e. The zero-order valence-electron chi connectivity index (χ0n) is 19.5. The van der Waals surface area contributed by atoms with Crippen LogP contribution in [0.15, 0.2) is 78.9 Å². The monoisotopic (exact) mass is 474 g/mol. The van der Waals surface area contributed by atoms with Gasteiger partial charge in [-0.15, -0.1) is 0 Å². The van der Waals surface area contributed by atoms with Crippen molar-refractivity contribution >= 4 is 29.3 Å². The second-order valence-corrected chi connectivity index (χ2v) is 9.42. The summed E-state index contributed by atoms with van der Waals surface area (Å²) in [6, 6.07) is 23.9. The first kappa shape index (κ1) is 24.2. The molecule has 0 heterocycles. The highest BCUT2D eigenvalue weighted by Crippen LogP contribution is 2.24. The quantitative estimate of drug-likeness (QED) is 0.390. The summed E-state index contributed by atoms with van der Waals surface area (Å²) in [5.41, 5.74) is 5.05. The van der Waals surface area contributed by atoms with Crippen LogP contribution >= 0.6 is 11.6 Å². The number of likely N-dealkylation sites (N-methyl/N-ethyl adjacent to an activating group) is 1. The number of carbonyl (C=O) groups is 1. The van der Waals surface area contributed by atoms with Gasteiger partial charge in [-0.2, -0.15) is 0 Å². The number of carbonyl (C=O) groups excluding carboxylic acids is 1. The highest BCUT2D eigenvalue weighted by molar-refractivity contribution is 6.30. The predicted molar refractivity (Wildman–Crippen MR) is 141 cm³/mol. The maximum atomic E-state index is 12.4. The van der Waals surface area contributed by atoms with E-state index in [-0.39, 0.29) is 18.1 Å². The van der Waals surface area contributed by atoms with Gasteiger partial charge in [0.1, 0.15) is 0 Å². The van der Waals surface area contributed by atoms with E-state index in [2.05, 4.69) is 29.4 Å². The van der Waals surface area contributed by atoms with Crippen LogP contribution in [0, 0.1) is 0 Å². The van der Waals surface area contributed by atoms with Crippen molar-refractivity contribution in [3.05, 3.63) is 95.0 Å². The topological polar surface area (TPSA) is 52.6 Å². The molecule has 0 aromatic heterocycles. The summed E-state index contributed by atoms with van der Waals surface area (Å²) in [5.74, 6) is -0.172. The molecule has 34 heavy (non-hydrogen) atoms.